The van der Waals surface area contributed by atoms with Crippen molar-refractivity contribution in [3.05, 3.63) is 17.6 Å². The van der Waals surface area contributed by atoms with E-state index < -0.39 is 0 Å². The zero-order valence-electron chi connectivity index (χ0n) is 8.11. The zero-order valence-corrected chi connectivity index (χ0v) is 8.11. The summed E-state index contributed by atoms with van der Waals surface area (Å²) in [7, 11) is 1.56. The number of aliphatic hydroxyl groups excluding tert-OH is 1. The summed E-state index contributed by atoms with van der Waals surface area (Å²) in [6.07, 6.45) is 0.138. The van der Waals surface area contributed by atoms with E-state index in [4.69, 9.17) is 9.84 Å². The second-order valence-corrected chi connectivity index (χ2v) is 3.00. The van der Waals surface area contributed by atoms with Crippen LogP contribution in [0, 0.1) is 6.92 Å². The monoisotopic (exact) mass is 182 g/mol. The van der Waals surface area contributed by atoms with E-state index in [1.807, 2.05) is 0 Å². The molecule has 1 unspecified atom stereocenters. The number of aromatic nitrogens is 2. The summed E-state index contributed by atoms with van der Waals surface area (Å²) in [5.41, 5.74) is 0.805. The molecule has 0 aliphatic carbocycles. The Morgan fingerprint density at radius 3 is 2.77 bits per heavy atom. The van der Waals surface area contributed by atoms with Crippen molar-refractivity contribution in [1.82, 2.24) is 9.97 Å². The Kier molecular flexibility index (Phi) is 3.19. The third-order valence-electron chi connectivity index (χ3n) is 1.58. The van der Waals surface area contributed by atoms with Crippen molar-refractivity contribution in [2.75, 3.05) is 7.11 Å². The fraction of sp³-hybridized carbons (Fsp3) is 0.556. The highest BCUT2D eigenvalue weighted by atomic mass is 16.5. The quantitative estimate of drug-likeness (QED) is 0.748. The molecule has 0 saturated heterocycles. The van der Waals surface area contributed by atoms with Crippen LogP contribution >= 0.6 is 0 Å². The summed E-state index contributed by atoms with van der Waals surface area (Å²) in [5, 5.41) is 9.16. The molecule has 1 N–H and O–H groups in total. The Hall–Kier alpha value is -1.16. The van der Waals surface area contributed by atoms with E-state index in [2.05, 4.69) is 9.97 Å². The Bertz CT molecular complexity index is 287. The Labute approximate surface area is 77.6 Å². The average Bonchev–Trinajstić information content (AvgIpc) is 2.01. The molecule has 0 spiro atoms. The van der Waals surface area contributed by atoms with E-state index >= 15 is 0 Å². The van der Waals surface area contributed by atoms with Gasteiger partial charge in [-0.3, -0.25) is 0 Å². The second-order valence-electron chi connectivity index (χ2n) is 3.00. The lowest BCUT2D eigenvalue weighted by Gasteiger charge is -2.06. The van der Waals surface area contributed by atoms with Gasteiger partial charge in [-0.05, 0) is 13.8 Å². The van der Waals surface area contributed by atoms with Crippen LogP contribution in [0.15, 0.2) is 6.07 Å². The predicted molar refractivity (Wildman–Crippen MR) is 48.7 cm³/mol. The fourth-order valence-corrected chi connectivity index (χ4v) is 1.11. The Balaban J connectivity index is 2.88. The summed E-state index contributed by atoms with van der Waals surface area (Å²) in [6.45, 7) is 3.53. The lowest BCUT2D eigenvalue weighted by molar-refractivity contribution is 0.194. The van der Waals surface area contributed by atoms with Crippen molar-refractivity contribution in [3.8, 4) is 5.88 Å². The number of aryl methyl sites for hydroxylation is 1. The number of rotatable bonds is 3. The number of methoxy groups -OCH3 is 1. The number of nitrogens with zero attached hydrogens (tertiary/aromatic N) is 2. The molecule has 1 aromatic heterocycles. The first kappa shape index (κ1) is 9.92. The summed E-state index contributed by atoms with van der Waals surface area (Å²) in [4.78, 5) is 8.22. The molecular formula is C9H14N2O2. The molecule has 1 rings (SSSR count). The van der Waals surface area contributed by atoms with Gasteiger partial charge in [0.1, 0.15) is 5.82 Å². The molecule has 0 fully saturated rings. The van der Waals surface area contributed by atoms with Gasteiger partial charge in [-0.15, -0.1) is 0 Å². The maximum Gasteiger partial charge on any atom is 0.216 e. The lowest BCUT2D eigenvalue weighted by Crippen LogP contribution is -2.07. The van der Waals surface area contributed by atoms with Crippen molar-refractivity contribution < 1.29 is 9.84 Å². The van der Waals surface area contributed by atoms with Crippen LogP contribution in [-0.4, -0.2) is 28.3 Å². The highest BCUT2D eigenvalue weighted by Crippen LogP contribution is 2.09. The molecule has 0 amide bonds. The van der Waals surface area contributed by atoms with Gasteiger partial charge >= 0.3 is 0 Å². The standard InChI is InChI=1S/C9H14N2O2/c1-6(12)4-8-5-9(13-3)11-7(2)10-8/h5-6,12H,4H2,1-3H3. The molecule has 0 saturated carbocycles. The van der Waals surface area contributed by atoms with Crippen LogP contribution in [-0.2, 0) is 6.42 Å². The normalized spacial score (nSPS) is 12.6. The van der Waals surface area contributed by atoms with Gasteiger partial charge in [-0.2, -0.15) is 4.98 Å². The van der Waals surface area contributed by atoms with E-state index in [0.717, 1.165) is 5.69 Å². The summed E-state index contributed by atoms with van der Waals surface area (Å²) < 4.78 is 4.98. The first-order chi connectivity index (χ1) is 6.11. The Morgan fingerprint density at radius 2 is 2.23 bits per heavy atom. The van der Waals surface area contributed by atoms with Crippen molar-refractivity contribution >= 4 is 0 Å². The van der Waals surface area contributed by atoms with E-state index in [1.165, 1.54) is 0 Å². The van der Waals surface area contributed by atoms with Crippen molar-refractivity contribution in [2.24, 2.45) is 0 Å². The molecule has 13 heavy (non-hydrogen) atoms. The summed E-state index contributed by atoms with van der Waals surface area (Å²) in [5.74, 6) is 1.21. The lowest BCUT2D eigenvalue weighted by atomic mass is 10.2. The molecule has 4 heteroatoms. The fourth-order valence-electron chi connectivity index (χ4n) is 1.11. The first-order valence-corrected chi connectivity index (χ1v) is 4.18. The van der Waals surface area contributed by atoms with Crippen LogP contribution in [0.5, 0.6) is 5.88 Å². The molecule has 0 aliphatic rings. The van der Waals surface area contributed by atoms with Crippen LogP contribution in [0.2, 0.25) is 0 Å². The van der Waals surface area contributed by atoms with E-state index in [9.17, 15) is 0 Å². The topological polar surface area (TPSA) is 55.2 Å². The predicted octanol–water partition coefficient (Wildman–Crippen LogP) is 0.717. The molecule has 1 atom stereocenters. The largest absolute Gasteiger partial charge is 0.481 e. The molecule has 0 aliphatic heterocycles. The smallest absolute Gasteiger partial charge is 0.216 e. The van der Waals surface area contributed by atoms with Crippen LogP contribution in [0.3, 0.4) is 0 Å². The van der Waals surface area contributed by atoms with Gasteiger partial charge in [0.15, 0.2) is 0 Å². The molecule has 1 heterocycles. The van der Waals surface area contributed by atoms with E-state index in [1.54, 1.807) is 27.0 Å². The Morgan fingerprint density at radius 1 is 1.54 bits per heavy atom. The van der Waals surface area contributed by atoms with Crippen LogP contribution in [0.1, 0.15) is 18.4 Å². The number of ether oxygens (including phenoxy) is 1. The SMILES string of the molecule is COc1cc(CC(C)O)nc(C)n1. The van der Waals surface area contributed by atoms with Crippen molar-refractivity contribution in [1.29, 1.82) is 0 Å². The van der Waals surface area contributed by atoms with Gasteiger partial charge in [0.2, 0.25) is 5.88 Å². The molecule has 4 nitrogen and oxygen atoms in total. The number of hydrogen-bond donors (Lipinski definition) is 1. The zero-order chi connectivity index (χ0) is 9.84. The molecule has 0 bridgehead atoms. The number of hydrogen-bond acceptors (Lipinski definition) is 4. The minimum absolute atomic E-state index is 0.390. The van der Waals surface area contributed by atoms with E-state index in [-0.39, 0.29) is 6.10 Å². The highest BCUT2D eigenvalue weighted by molar-refractivity contribution is 5.16. The molecule has 72 valence electrons. The van der Waals surface area contributed by atoms with E-state index in [0.29, 0.717) is 18.1 Å². The van der Waals surface area contributed by atoms with Gasteiger partial charge in [0.05, 0.1) is 18.9 Å². The molecule has 0 aromatic carbocycles. The molecule has 1 aromatic rings. The minimum atomic E-state index is -0.390. The maximum absolute atomic E-state index is 9.16. The third-order valence-corrected chi connectivity index (χ3v) is 1.58. The summed E-state index contributed by atoms with van der Waals surface area (Å²) in [6, 6.07) is 1.74. The first-order valence-electron chi connectivity index (χ1n) is 4.18. The van der Waals surface area contributed by atoms with Crippen molar-refractivity contribution in [3.63, 3.8) is 0 Å². The van der Waals surface area contributed by atoms with Gasteiger partial charge in [-0.25, -0.2) is 4.98 Å². The average molecular weight is 182 g/mol. The van der Waals surface area contributed by atoms with Gasteiger partial charge in [-0.1, -0.05) is 0 Å². The van der Waals surface area contributed by atoms with Crippen LogP contribution in [0.4, 0.5) is 0 Å². The summed E-state index contributed by atoms with van der Waals surface area (Å²) >= 11 is 0. The van der Waals surface area contributed by atoms with Gasteiger partial charge in [0, 0.05) is 12.5 Å². The molecular weight excluding hydrogens is 168 g/mol. The maximum atomic E-state index is 9.16. The second kappa shape index (κ2) is 4.18. The molecule has 0 radical (unpaired) electrons. The van der Waals surface area contributed by atoms with Gasteiger partial charge in [0.25, 0.3) is 0 Å². The third kappa shape index (κ3) is 2.99. The van der Waals surface area contributed by atoms with Crippen molar-refractivity contribution in [2.45, 2.75) is 26.4 Å². The minimum Gasteiger partial charge on any atom is -0.481 e. The van der Waals surface area contributed by atoms with Gasteiger partial charge < -0.3 is 9.84 Å². The van der Waals surface area contributed by atoms with Crippen LogP contribution in [0.25, 0.3) is 0 Å². The van der Waals surface area contributed by atoms with Crippen LogP contribution < -0.4 is 4.74 Å². The highest BCUT2D eigenvalue weighted by Gasteiger charge is 2.04. The number of aliphatic hydroxyl groups is 1.